The molecule has 0 aromatic heterocycles. The Labute approximate surface area is 165 Å². The monoisotopic (exact) mass is 409 g/mol. The van der Waals surface area contributed by atoms with Crippen molar-refractivity contribution >= 4 is 38.9 Å². The summed E-state index contributed by atoms with van der Waals surface area (Å²) < 4.78 is 26.8. The molecule has 146 valence electrons. The average molecular weight is 410 g/mol. The van der Waals surface area contributed by atoms with Crippen molar-refractivity contribution in [2.75, 3.05) is 10.6 Å². The number of hydrogen-bond acceptors (Lipinski definition) is 4. The van der Waals surface area contributed by atoms with E-state index in [9.17, 15) is 13.2 Å². The minimum atomic E-state index is -3.56. The Morgan fingerprint density at radius 2 is 1.59 bits per heavy atom. The molecule has 1 amide bonds. The van der Waals surface area contributed by atoms with Crippen molar-refractivity contribution in [1.82, 2.24) is 4.72 Å². The maximum absolute atomic E-state index is 12.4. The van der Waals surface area contributed by atoms with Gasteiger partial charge >= 0.3 is 0 Å². The van der Waals surface area contributed by atoms with Crippen LogP contribution in [0, 0.1) is 6.92 Å². The Morgan fingerprint density at radius 1 is 1.00 bits per heavy atom. The standard InChI is InChI=1S/C19H24ClN3O3S/c1-12(2)23-27(25,26)17-9-7-15(8-10-17)22-19(24)14(4)21-16-6-5-13(3)18(20)11-16/h5-12,14,21,23H,1-4H3,(H,22,24)/t14-/m1/s1. The highest BCUT2D eigenvalue weighted by Crippen LogP contribution is 2.21. The van der Waals surface area contributed by atoms with Crippen molar-refractivity contribution in [3.63, 3.8) is 0 Å². The molecule has 27 heavy (non-hydrogen) atoms. The number of carbonyl (C=O) groups excluding carboxylic acids is 1. The molecule has 6 nitrogen and oxygen atoms in total. The van der Waals surface area contributed by atoms with Gasteiger partial charge in [0.15, 0.2) is 0 Å². The van der Waals surface area contributed by atoms with Crippen molar-refractivity contribution in [3.05, 3.63) is 53.1 Å². The van der Waals surface area contributed by atoms with Crippen LogP contribution in [0.15, 0.2) is 47.4 Å². The minimum absolute atomic E-state index is 0.148. The van der Waals surface area contributed by atoms with E-state index >= 15 is 0 Å². The molecule has 0 aliphatic heterocycles. The SMILES string of the molecule is Cc1ccc(N[C@H](C)C(=O)Nc2ccc(S(=O)(=O)NC(C)C)cc2)cc1Cl. The van der Waals surface area contributed by atoms with Gasteiger partial charge in [0.25, 0.3) is 0 Å². The van der Waals surface area contributed by atoms with E-state index in [1.54, 1.807) is 39.0 Å². The number of hydrogen-bond donors (Lipinski definition) is 3. The number of sulfonamides is 1. The number of carbonyl (C=O) groups is 1. The van der Waals surface area contributed by atoms with Crippen molar-refractivity contribution in [3.8, 4) is 0 Å². The van der Waals surface area contributed by atoms with E-state index in [2.05, 4.69) is 15.4 Å². The van der Waals surface area contributed by atoms with Crippen LogP contribution in [0.3, 0.4) is 0 Å². The van der Waals surface area contributed by atoms with Gasteiger partial charge in [-0.25, -0.2) is 13.1 Å². The van der Waals surface area contributed by atoms with Gasteiger partial charge in [0.05, 0.1) is 4.90 Å². The van der Waals surface area contributed by atoms with Crippen LogP contribution in [-0.2, 0) is 14.8 Å². The largest absolute Gasteiger partial charge is 0.374 e. The summed E-state index contributed by atoms with van der Waals surface area (Å²) in [5.74, 6) is -0.248. The fourth-order valence-corrected chi connectivity index (χ4v) is 3.78. The first-order valence-electron chi connectivity index (χ1n) is 8.54. The lowest BCUT2D eigenvalue weighted by Crippen LogP contribution is -2.32. The Morgan fingerprint density at radius 3 is 2.15 bits per heavy atom. The fourth-order valence-electron chi connectivity index (χ4n) is 2.34. The van der Waals surface area contributed by atoms with Gasteiger partial charge in [-0.1, -0.05) is 17.7 Å². The van der Waals surface area contributed by atoms with E-state index in [0.29, 0.717) is 10.7 Å². The topological polar surface area (TPSA) is 87.3 Å². The van der Waals surface area contributed by atoms with Crippen molar-refractivity contribution in [1.29, 1.82) is 0 Å². The second-order valence-corrected chi connectivity index (χ2v) is 8.74. The van der Waals surface area contributed by atoms with Gasteiger partial charge in [0, 0.05) is 22.4 Å². The van der Waals surface area contributed by atoms with Gasteiger partial charge in [-0.2, -0.15) is 0 Å². The third kappa shape index (κ3) is 5.95. The number of rotatable bonds is 7. The molecule has 0 heterocycles. The summed E-state index contributed by atoms with van der Waals surface area (Å²) in [6.07, 6.45) is 0. The first-order chi connectivity index (χ1) is 12.6. The molecule has 0 saturated heterocycles. The Hall–Kier alpha value is -2.09. The van der Waals surface area contributed by atoms with Crippen molar-refractivity contribution in [2.45, 2.75) is 44.7 Å². The lowest BCUT2D eigenvalue weighted by molar-refractivity contribution is -0.116. The third-order valence-electron chi connectivity index (χ3n) is 3.77. The first-order valence-corrected chi connectivity index (χ1v) is 10.4. The summed E-state index contributed by atoms with van der Waals surface area (Å²) in [6, 6.07) is 10.8. The van der Waals surface area contributed by atoms with Gasteiger partial charge in [-0.3, -0.25) is 4.79 Å². The zero-order chi connectivity index (χ0) is 20.2. The number of nitrogens with one attached hydrogen (secondary N) is 3. The minimum Gasteiger partial charge on any atom is -0.374 e. The van der Waals surface area contributed by atoms with Crippen LogP contribution in [0.25, 0.3) is 0 Å². The molecule has 0 radical (unpaired) electrons. The Kier molecular flexibility index (Phi) is 6.86. The highest BCUT2D eigenvalue weighted by Gasteiger charge is 2.16. The Bertz CT molecular complexity index is 912. The molecule has 0 unspecified atom stereocenters. The highest BCUT2D eigenvalue weighted by atomic mass is 35.5. The normalized spacial score (nSPS) is 12.7. The number of anilines is 2. The third-order valence-corrected chi connectivity index (χ3v) is 5.85. The summed E-state index contributed by atoms with van der Waals surface area (Å²) in [7, 11) is -3.56. The van der Waals surface area contributed by atoms with Gasteiger partial charge in [0.1, 0.15) is 6.04 Å². The van der Waals surface area contributed by atoms with E-state index in [1.807, 2.05) is 19.1 Å². The molecule has 2 rings (SSSR count). The average Bonchev–Trinajstić information content (AvgIpc) is 2.57. The van der Waals surface area contributed by atoms with E-state index in [4.69, 9.17) is 11.6 Å². The van der Waals surface area contributed by atoms with E-state index in [1.165, 1.54) is 12.1 Å². The summed E-state index contributed by atoms with van der Waals surface area (Å²) in [6.45, 7) is 7.14. The number of benzene rings is 2. The second-order valence-electron chi connectivity index (χ2n) is 6.62. The number of aryl methyl sites for hydroxylation is 1. The zero-order valence-corrected chi connectivity index (χ0v) is 17.3. The summed E-state index contributed by atoms with van der Waals surface area (Å²) >= 11 is 6.09. The molecule has 0 fully saturated rings. The molecule has 2 aromatic carbocycles. The van der Waals surface area contributed by atoms with Gasteiger partial charge in [-0.15, -0.1) is 0 Å². The molecular weight excluding hydrogens is 386 g/mol. The Balaban J connectivity index is 2.01. The molecule has 0 bridgehead atoms. The molecule has 0 saturated carbocycles. The van der Waals surface area contributed by atoms with E-state index < -0.39 is 16.1 Å². The maximum atomic E-state index is 12.4. The zero-order valence-electron chi connectivity index (χ0n) is 15.7. The lowest BCUT2D eigenvalue weighted by atomic mass is 10.2. The summed E-state index contributed by atoms with van der Waals surface area (Å²) in [4.78, 5) is 12.5. The molecule has 0 aliphatic rings. The summed E-state index contributed by atoms with van der Waals surface area (Å²) in [5.41, 5.74) is 2.22. The number of halogens is 1. The molecular formula is C19H24ClN3O3S. The van der Waals surface area contributed by atoms with Crippen LogP contribution >= 0.6 is 11.6 Å². The number of amides is 1. The molecule has 3 N–H and O–H groups in total. The predicted molar refractivity (Wildman–Crippen MR) is 110 cm³/mol. The molecule has 1 atom stereocenters. The second kappa shape index (κ2) is 8.73. The van der Waals surface area contributed by atoms with Crippen molar-refractivity contribution in [2.24, 2.45) is 0 Å². The van der Waals surface area contributed by atoms with Crippen LogP contribution in [0.1, 0.15) is 26.3 Å². The fraction of sp³-hybridized carbons (Fsp3) is 0.316. The van der Waals surface area contributed by atoms with Crippen LogP contribution in [0.2, 0.25) is 5.02 Å². The van der Waals surface area contributed by atoms with Crippen LogP contribution in [0.5, 0.6) is 0 Å². The molecule has 0 spiro atoms. The summed E-state index contributed by atoms with van der Waals surface area (Å²) in [5, 5.41) is 6.47. The lowest BCUT2D eigenvalue weighted by Gasteiger charge is -2.16. The van der Waals surface area contributed by atoms with E-state index in [-0.39, 0.29) is 16.8 Å². The van der Waals surface area contributed by atoms with Gasteiger partial charge in [0.2, 0.25) is 15.9 Å². The predicted octanol–water partition coefficient (Wildman–Crippen LogP) is 3.77. The highest BCUT2D eigenvalue weighted by molar-refractivity contribution is 7.89. The van der Waals surface area contributed by atoms with E-state index in [0.717, 1.165) is 11.3 Å². The molecule has 8 heteroatoms. The molecule has 2 aromatic rings. The first kappa shape index (κ1) is 21.2. The smallest absolute Gasteiger partial charge is 0.246 e. The van der Waals surface area contributed by atoms with Crippen LogP contribution < -0.4 is 15.4 Å². The maximum Gasteiger partial charge on any atom is 0.246 e. The molecule has 0 aliphatic carbocycles. The van der Waals surface area contributed by atoms with Crippen molar-refractivity contribution < 1.29 is 13.2 Å². The quantitative estimate of drug-likeness (QED) is 0.649. The van der Waals surface area contributed by atoms with Gasteiger partial charge < -0.3 is 10.6 Å². The van der Waals surface area contributed by atoms with Crippen LogP contribution in [-0.4, -0.2) is 26.4 Å². The van der Waals surface area contributed by atoms with Gasteiger partial charge in [-0.05, 0) is 69.7 Å². The van der Waals surface area contributed by atoms with Crippen LogP contribution in [0.4, 0.5) is 11.4 Å².